The van der Waals surface area contributed by atoms with E-state index in [1.165, 1.54) is 0 Å². The molecule has 0 N–H and O–H groups in total. The van der Waals surface area contributed by atoms with Crippen molar-refractivity contribution in [2.24, 2.45) is 0 Å². The first-order chi connectivity index (χ1) is 12.9. The average molecular weight is 376 g/mol. The lowest BCUT2D eigenvalue weighted by atomic mass is 10.3. The maximum absolute atomic E-state index is 5.39. The van der Waals surface area contributed by atoms with Crippen LogP contribution in [0.4, 0.5) is 0 Å². The Morgan fingerprint density at radius 3 is 1.00 bits per heavy atom. The molecule has 4 rings (SSSR count). The van der Waals surface area contributed by atoms with E-state index < -0.39 is 0 Å². The third-order valence-corrected chi connectivity index (χ3v) is 4.02. The van der Waals surface area contributed by atoms with E-state index >= 15 is 0 Å². The summed E-state index contributed by atoms with van der Waals surface area (Å²) in [6.07, 6.45) is 3.63. The standard InChI is InChI=1S/C10H18O4.C8H14O4/c1(3-11-5-9-7-13-9)2-4-12-6-10-8-14-10;1(9-3-7-5-11-7)2-10-4-8-6-12-8/h9-10H,1-8H2;7-8H,1-6H2. The SMILES string of the molecule is C(CCOCC1CO1)COCC1CO1.C(COCC1CO1)OCC1CO1. The van der Waals surface area contributed by atoms with Crippen LogP contribution in [-0.4, -0.2) is 104 Å². The van der Waals surface area contributed by atoms with Crippen molar-refractivity contribution in [2.75, 3.05) is 79.3 Å². The van der Waals surface area contributed by atoms with Crippen LogP contribution < -0.4 is 0 Å². The second-order valence-corrected chi connectivity index (χ2v) is 6.83. The molecule has 26 heavy (non-hydrogen) atoms. The van der Waals surface area contributed by atoms with Gasteiger partial charge in [0.05, 0.1) is 66.1 Å². The third kappa shape index (κ3) is 12.1. The summed E-state index contributed by atoms with van der Waals surface area (Å²) in [5, 5.41) is 0. The van der Waals surface area contributed by atoms with Crippen molar-refractivity contribution < 1.29 is 37.9 Å². The van der Waals surface area contributed by atoms with Gasteiger partial charge in [0.15, 0.2) is 0 Å². The number of ether oxygens (including phenoxy) is 8. The highest BCUT2D eigenvalue weighted by Gasteiger charge is 2.24. The van der Waals surface area contributed by atoms with Crippen LogP contribution in [0, 0.1) is 0 Å². The third-order valence-electron chi connectivity index (χ3n) is 4.02. The Balaban J connectivity index is 0.000000152. The number of epoxide rings is 4. The normalized spacial score (nSPS) is 30.5. The highest BCUT2D eigenvalue weighted by atomic mass is 16.6. The van der Waals surface area contributed by atoms with Crippen molar-refractivity contribution >= 4 is 0 Å². The molecule has 0 spiro atoms. The molecule has 4 aliphatic heterocycles. The fourth-order valence-corrected chi connectivity index (χ4v) is 2.04. The van der Waals surface area contributed by atoms with Crippen molar-refractivity contribution in [3.8, 4) is 0 Å². The van der Waals surface area contributed by atoms with Crippen LogP contribution >= 0.6 is 0 Å². The number of hydrogen-bond donors (Lipinski definition) is 0. The van der Waals surface area contributed by atoms with Crippen molar-refractivity contribution in [3.05, 3.63) is 0 Å². The summed E-state index contributed by atoms with van der Waals surface area (Å²) >= 11 is 0. The van der Waals surface area contributed by atoms with Crippen LogP contribution in [0.25, 0.3) is 0 Å². The lowest BCUT2D eigenvalue weighted by Gasteiger charge is -2.03. The smallest absolute Gasteiger partial charge is 0.104 e. The molecule has 4 heterocycles. The summed E-state index contributed by atoms with van der Waals surface area (Å²) in [6, 6.07) is 0. The molecule has 4 unspecified atom stereocenters. The number of hydrogen-bond acceptors (Lipinski definition) is 8. The quantitative estimate of drug-likeness (QED) is 0.283. The van der Waals surface area contributed by atoms with Crippen molar-refractivity contribution in [1.82, 2.24) is 0 Å². The first-order valence-electron chi connectivity index (χ1n) is 9.67. The summed E-state index contributed by atoms with van der Waals surface area (Å²) in [5.41, 5.74) is 0. The van der Waals surface area contributed by atoms with Gasteiger partial charge < -0.3 is 37.9 Å². The lowest BCUT2D eigenvalue weighted by Crippen LogP contribution is -2.10. The Kier molecular flexibility index (Phi) is 9.58. The van der Waals surface area contributed by atoms with Gasteiger partial charge in [-0.25, -0.2) is 0 Å². The van der Waals surface area contributed by atoms with Gasteiger partial charge in [-0.1, -0.05) is 0 Å². The minimum atomic E-state index is 0.358. The molecule has 0 amide bonds. The van der Waals surface area contributed by atoms with E-state index in [1.807, 2.05) is 0 Å². The summed E-state index contributed by atoms with van der Waals surface area (Å²) in [6.45, 7) is 9.38. The van der Waals surface area contributed by atoms with Gasteiger partial charge in [-0.05, 0) is 12.8 Å². The van der Waals surface area contributed by atoms with Gasteiger partial charge in [0.1, 0.15) is 24.4 Å². The minimum absolute atomic E-state index is 0.358. The van der Waals surface area contributed by atoms with Crippen LogP contribution in [0.1, 0.15) is 12.8 Å². The van der Waals surface area contributed by atoms with Gasteiger partial charge >= 0.3 is 0 Å². The molecule has 152 valence electrons. The monoisotopic (exact) mass is 376 g/mol. The van der Waals surface area contributed by atoms with E-state index in [0.29, 0.717) is 50.8 Å². The van der Waals surface area contributed by atoms with Crippen LogP contribution in [0.2, 0.25) is 0 Å². The fraction of sp³-hybridized carbons (Fsp3) is 1.00. The number of unbranched alkanes of at least 4 members (excludes halogenated alkanes) is 1. The van der Waals surface area contributed by atoms with Gasteiger partial charge in [0.25, 0.3) is 0 Å². The highest BCUT2D eigenvalue weighted by Crippen LogP contribution is 2.10. The topological polar surface area (TPSA) is 87.0 Å². The fourth-order valence-electron chi connectivity index (χ4n) is 2.04. The molecule has 0 aromatic carbocycles. The molecule has 4 atom stereocenters. The Hall–Kier alpha value is -0.320. The second-order valence-electron chi connectivity index (χ2n) is 6.83. The summed E-state index contributed by atoms with van der Waals surface area (Å²) < 4.78 is 41.3. The maximum Gasteiger partial charge on any atom is 0.104 e. The minimum Gasteiger partial charge on any atom is -0.379 e. The molecule has 4 saturated heterocycles. The van der Waals surface area contributed by atoms with E-state index in [4.69, 9.17) is 37.9 Å². The first kappa shape index (κ1) is 20.4. The largest absolute Gasteiger partial charge is 0.379 e. The van der Waals surface area contributed by atoms with Crippen molar-refractivity contribution in [2.45, 2.75) is 37.3 Å². The maximum atomic E-state index is 5.39. The molecule has 0 radical (unpaired) electrons. The second kappa shape index (κ2) is 12.2. The average Bonchev–Trinajstić information content (AvgIpc) is 3.47. The molecule has 8 heteroatoms. The van der Waals surface area contributed by atoms with Crippen LogP contribution in [0.15, 0.2) is 0 Å². The van der Waals surface area contributed by atoms with Gasteiger partial charge in [-0.3, -0.25) is 0 Å². The van der Waals surface area contributed by atoms with Gasteiger partial charge in [-0.2, -0.15) is 0 Å². The molecule has 0 aromatic heterocycles. The van der Waals surface area contributed by atoms with Crippen LogP contribution in [-0.2, 0) is 37.9 Å². The van der Waals surface area contributed by atoms with E-state index in [2.05, 4.69) is 0 Å². The van der Waals surface area contributed by atoms with Crippen molar-refractivity contribution in [1.29, 1.82) is 0 Å². The zero-order valence-electron chi connectivity index (χ0n) is 15.5. The van der Waals surface area contributed by atoms with Gasteiger partial charge in [0.2, 0.25) is 0 Å². The Morgan fingerprint density at radius 1 is 0.462 bits per heavy atom. The van der Waals surface area contributed by atoms with E-state index in [9.17, 15) is 0 Å². The van der Waals surface area contributed by atoms with E-state index in [-0.39, 0.29) is 0 Å². The molecular weight excluding hydrogens is 344 g/mol. The predicted molar refractivity (Wildman–Crippen MR) is 91.5 cm³/mol. The van der Waals surface area contributed by atoms with Crippen molar-refractivity contribution in [3.63, 3.8) is 0 Å². The van der Waals surface area contributed by atoms with Crippen LogP contribution in [0.3, 0.4) is 0 Å². The predicted octanol–water partition coefficient (Wildman–Crippen LogP) is 0.415. The molecule has 0 saturated carbocycles. The van der Waals surface area contributed by atoms with Gasteiger partial charge in [0, 0.05) is 13.2 Å². The molecule has 0 aliphatic carbocycles. The van der Waals surface area contributed by atoms with E-state index in [1.54, 1.807) is 0 Å². The van der Waals surface area contributed by atoms with E-state index in [0.717, 1.165) is 65.7 Å². The zero-order valence-corrected chi connectivity index (χ0v) is 15.5. The molecular formula is C18H32O8. The zero-order chi connectivity index (χ0) is 17.9. The summed E-state index contributed by atoms with van der Waals surface area (Å²) in [5.74, 6) is 0. The molecule has 4 aliphatic rings. The number of rotatable bonds is 16. The Morgan fingerprint density at radius 2 is 0.731 bits per heavy atom. The summed E-state index contributed by atoms with van der Waals surface area (Å²) in [4.78, 5) is 0. The molecule has 4 fully saturated rings. The molecule has 8 nitrogen and oxygen atoms in total. The molecule has 0 aromatic rings. The highest BCUT2D eigenvalue weighted by molar-refractivity contribution is 4.69. The molecule has 0 bridgehead atoms. The summed E-state index contributed by atoms with van der Waals surface area (Å²) in [7, 11) is 0. The van der Waals surface area contributed by atoms with Crippen LogP contribution in [0.5, 0.6) is 0 Å². The lowest BCUT2D eigenvalue weighted by molar-refractivity contribution is 0.0366. The Bertz CT molecular complexity index is 319. The Labute approximate surface area is 155 Å². The van der Waals surface area contributed by atoms with Gasteiger partial charge in [-0.15, -0.1) is 0 Å². The first-order valence-corrected chi connectivity index (χ1v) is 9.67.